The number of primary amides is 1. The molecule has 0 spiro atoms. The maximum Gasteiger partial charge on any atom is 0.269 e. The van der Waals surface area contributed by atoms with Gasteiger partial charge in [-0.25, -0.2) is 4.39 Å². The Kier molecular flexibility index (Phi) is 7.65. The minimum Gasteiger partial charge on any atom is -0.364 e. The van der Waals surface area contributed by atoms with Crippen LogP contribution in [0.2, 0.25) is 5.02 Å². The number of fused-ring (bicyclic) bond motifs is 1. The first-order valence-corrected chi connectivity index (χ1v) is 10.8. The van der Waals surface area contributed by atoms with E-state index in [0.717, 1.165) is 0 Å². The van der Waals surface area contributed by atoms with Crippen LogP contribution in [-0.4, -0.2) is 45.5 Å². The summed E-state index contributed by atoms with van der Waals surface area (Å²) in [7, 11) is 0. The molecule has 3 N–H and O–H groups in total. The van der Waals surface area contributed by atoms with Crippen molar-refractivity contribution in [3.63, 3.8) is 0 Å². The van der Waals surface area contributed by atoms with Gasteiger partial charge in [-0.15, -0.1) is 0 Å². The molecule has 0 aliphatic heterocycles. The number of hydrogen-bond acceptors (Lipinski definition) is 4. The summed E-state index contributed by atoms with van der Waals surface area (Å²) in [5, 5.41) is 7.35. The number of carbonyl (C=O) groups excluding carboxylic acids is 3. The average Bonchev–Trinajstić information content (AvgIpc) is 3.13. The molecule has 174 valence electrons. The van der Waals surface area contributed by atoms with E-state index < -0.39 is 17.6 Å². The number of rotatable bonds is 9. The van der Waals surface area contributed by atoms with Crippen molar-refractivity contribution in [3.05, 3.63) is 64.6 Å². The topological polar surface area (TPSA) is 110 Å². The second-order valence-corrected chi connectivity index (χ2v) is 8.45. The highest BCUT2D eigenvalue weighted by Gasteiger charge is 2.22. The molecule has 0 aliphatic carbocycles. The number of benzene rings is 2. The molecule has 0 saturated carbocycles. The van der Waals surface area contributed by atoms with Crippen LogP contribution in [0.25, 0.3) is 10.9 Å². The molecular weight excluding hydrogens is 449 g/mol. The average molecular weight is 474 g/mol. The van der Waals surface area contributed by atoms with Crippen molar-refractivity contribution in [2.24, 2.45) is 11.7 Å². The highest BCUT2D eigenvalue weighted by Crippen LogP contribution is 2.19. The second-order valence-electron chi connectivity index (χ2n) is 8.05. The monoisotopic (exact) mass is 473 g/mol. The van der Waals surface area contributed by atoms with Crippen LogP contribution < -0.4 is 11.1 Å². The smallest absolute Gasteiger partial charge is 0.269 e. The van der Waals surface area contributed by atoms with Gasteiger partial charge in [-0.2, -0.15) is 5.10 Å². The van der Waals surface area contributed by atoms with E-state index in [9.17, 15) is 18.8 Å². The minimum absolute atomic E-state index is 0.0276. The van der Waals surface area contributed by atoms with Gasteiger partial charge in [-0.1, -0.05) is 55.8 Å². The van der Waals surface area contributed by atoms with Crippen LogP contribution in [0.1, 0.15) is 29.9 Å². The second kappa shape index (κ2) is 10.4. The fourth-order valence-corrected chi connectivity index (χ4v) is 3.66. The van der Waals surface area contributed by atoms with Gasteiger partial charge in [-0.3, -0.25) is 19.1 Å². The lowest BCUT2D eigenvalue weighted by atomic mass is 10.2. The number of nitrogens with two attached hydrogens (primary N) is 1. The highest BCUT2D eigenvalue weighted by atomic mass is 35.5. The Morgan fingerprint density at radius 3 is 2.61 bits per heavy atom. The van der Waals surface area contributed by atoms with Crippen LogP contribution in [0.5, 0.6) is 0 Å². The van der Waals surface area contributed by atoms with Crippen molar-refractivity contribution >= 4 is 40.2 Å². The SMILES string of the molecule is CC(C)CN(CC(=O)NCc1cccc(Cl)c1F)C(=O)Cn1nc(C(N)=O)c2ccccc21. The van der Waals surface area contributed by atoms with E-state index in [-0.39, 0.29) is 47.7 Å². The number of amides is 3. The van der Waals surface area contributed by atoms with Crippen LogP contribution in [-0.2, 0) is 22.7 Å². The lowest BCUT2D eigenvalue weighted by molar-refractivity contribution is -0.137. The Labute approximate surface area is 195 Å². The number of aromatic nitrogens is 2. The molecule has 0 saturated heterocycles. The zero-order valence-corrected chi connectivity index (χ0v) is 19.1. The summed E-state index contributed by atoms with van der Waals surface area (Å²) in [6.07, 6.45) is 0. The van der Waals surface area contributed by atoms with Crippen molar-refractivity contribution in [2.75, 3.05) is 13.1 Å². The third-order valence-electron chi connectivity index (χ3n) is 4.96. The van der Waals surface area contributed by atoms with Crippen molar-refractivity contribution in [1.82, 2.24) is 20.0 Å². The predicted octanol–water partition coefficient (Wildman–Crippen LogP) is 2.73. The number of carbonyl (C=O) groups is 3. The van der Waals surface area contributed by atoms with Gasteiger partial charge in [0.2, 0.25) is 11.8 Å². The normalized spacial score (nSPS) is 11.1. The molecule has 3 rings (SSSR count). The van der Waals surface area contributed by atoms with Gasteiger partial charge in [-0.05, 0) is 18.1 Å². The molecule has 0 atom stereocenters. The van der Waals surface area contributed by atoms with Crippen molar-refractivity contribution in [2.45, 2.75) is 26.9 Å². The number of nitrogens with one attached hydrogen (secondary N) is 1. The molecule has 0 aliphatic rings. The predicted molar refractivity (Wildman–Crippen MR) is 123 cm³/mol. The van der Waals surface area contributed by atoms with Crippen molar-refractivity contribution < 1.29 is 18.8 Å². The Morgan fingerprint density at radius 1 is 1.18 bits per heavy atom. The first-order chi connectivity index (χ1) is 15.7. The molecule has 0 radical (unpaired) electrons. The molecular formula is C23H25ClFN5O3. The molecule has 3 amide bonds. The Bertz CT molecular complexity index is 1190. The van der Waals surface area contributed by atoms with Gasteiger partial charge in [0.25, 0.3) is 5.91 Å². The fraction of sp³-hybridized carbons (Fsp3) is 0.304. The molecule has 3 aromatic rings. The van der Waals surface area contributed by atoms with E-state index >= 15 is 0 Å². The number of para-hydroxylation sites is 1. The zero-order chi connectivity index (χ0) is 24.1. The van der Waals surface area contributed by atoms with Gasteiger partial charge in [0.05, 0.1) is 17.1 Å². The Hall–Kier alpha value is -3.46. The van der Waals surface area contributed by atoms with Gasteiger partial charge >= 0.3 is 0 Å². The third kappa shape index (κ3) is 5.87. The Balaban J connectivity index is 1.73. The van der Waals surface area contributed by atoms with E-state index in [1.54, 1.807) is 30.3 Å². The van der Waals surface area contributed by atoms with E-state index in [0.29, 0.717) is 17.4 Å². The molecule has 10 heteroatoms. The zero-order valence-electron chi connectivity index (χ0n) is 18.3. The van der Waals surface area contributed by atoms with Crippen molar-refractivity contribution in [1.29, 1.82) is 0 Å². The number of hydrogen-bond donors (Lipinski definition) is 2. The molecule has 0 unspecified atom stereocenters. The van der Waals surface area contributed by atoms with E-state index in [4.69, 9.17) is 17.3 Å². The van der Waals surface area contributed by atoms with Crippen LogP contribution in [0.3, 0.4) is 0 Å². The van der Waals surface area contributed by atoms with Crippen LogP contribution in [0.15, 0.2) is 42.5 Å². The quantitative estimate of drug-likeness (QED) is 0.497. The van der Waals surface area contributed by atoms with Crippen LogP contribution in [0.4, 0.5) is 4.39 Å². The summed E-state index contributed by atoms with van der Waals surface area (Å²) in [5.41, 5.74) is 6.34. The Morgan fingerprint density at radius 2 is 1.91 bits per heavy atom. The van der Waals surface area contributed by atoms with Crippen LogP contribution in [0, 0.1) is 11.7 Å². The first kappa shape index (κ1) is 24.2. The number of nitrogens with zero attached hydrogens (tertiary/aromatic N) is 3. The van der Waals surface area contributed by atoms with Crippen molar-refractivity contribution in [3.8, 4) is 0 Å². The van der Waals surface area contributed by atoms with Gasteiger partial charge in [0.1, 0.15) is 12.4 Å². The largest absolute Gasteiger partial charge is 0.364 e. The first-order valence-electron chi connectivity index (χ1n) is 10.4. The van der Waals surface area contributed by atoms with E-state index in [2.05, 4.69) is 10.4 Å². The summed E-state index contributed by atoms with van der Waals surface area (Å²) in [6.45, 7) is 3.75. The van der Waals surface area contributed by atoms with Crippen LogP contribution >= 0.6 is 11.6 Å². The molecule has 0 bridgehead atoms. The summed E-state index contributed by atoms with van der Waals surface area (Å²) in [4.78, 5) is 38.7. The van der Waals surface area contributed by atoms with E-state index in [1.165, 1.54) is 21.7 Å². The molecule has 1 aromatic heterocycles. The van der Waals surface area contributed by atoms with Gasteiger partial charge < -0.3 is 16.0 Å². The lowest BCUT2D eigenvalue weighted by Gasteiger charge is -2.24. The van der Waals surface area contributed by atoms with Gasteiger partial charge in [0, 0.05) is 24.0 Å². The summed E-state index contributed by atoms with van der Waals surface area (Å²) in [5.74, 6) is -1.97. The third-order valence-corrected chi connectivity index (χ3v) is 5.25. The minimum atomic E-state index is -0.691. The highest BCUT2D eigenvalue weighted by molar-refractivity contribution is 6.30. The summed E-state index contributed by atoms with van der Waals surface area (Å²) in [6, 6.07) is 11.5. The van der Waals surface area contributed by atoms with E-state index in [1.807, 2.05) is 13.8 Å². The molecule has 33 heavy (non-hydrogen) atoms. The lowest BCUT2D eigenvalue weighted by Crippen LogP contribution is -2.43. The molecule has 0 fully saturated rings. The fourth-order valence-electron chi connectivity index (χ4n) is 3.46. The maximum atomic E-state index is 14.1. The van der Waals surface area contributed by atoms with Gasteiger partial charge in [0.15, 0.2) is 5.69 Å². The number of halogens is 2. The molecule has 1 heterocycles. The maximum absolute atomic E-state index is 14.1. The standard InChI is InChI=1S/C23H25ClFN5O3/c1-14(2)11-29(12-19(31)27-10-15-6-5-8-17(24)21(15)25)20(32)13-30-18-9-4-3-7-16(18)22(28-30)23(26)33/h3-9,14H,10-13H2,1-2H3,(H2,26,33)(H,27,31). The molecule has 2 aromatic carbocycles. The summed E-state index contributed by atoms with van der Waals surface area (Å²) >= 11 is 5.77. The summed E-state index contributed by atoms with van der Waals surface area (Å²) < 4.78 is 15.5. The molecule has 8 nitrogen and oxygen atoms in total.